The lowest BCUT2D eigenvalue weighted by atomic mass is 10.0. The molecule has 0 aliphatic carbocycles. The van der Waals surface area contributed by atoms with Gasteiger partial charge in [0, 0.05) is 55.1 Å². The van der Waals surface area contributed by atoms with Crippen LogP contribution in [0.15, 0.2) is 54.6 Å². The highest BCUT2D eigenvalue weighted by Crippen LogP contribution is 2.30. The Morgan fingerprint density at radius 1 is 1.04 bits per heavy atom. The lowest BCUT2D eigenvalue weighted by molar-refractivity contribution is -0.132. The highest BCUT2D eigenvalue weighted by Gasteiger charge is 2.25. The van der Waals surface area contributed by atoms with Crippen LogP contribution in [0.4, 0.5) is 0 Å². The molecule has 4 rings (SSSR count). The third kappa shape index (κ3) is 2.60. The zero-order chi connectivity index (χ0) is 16.5. The second-order valence-corrected chi connectivity index (χ2v) is 6.55. The molecule has 122 valence electrons. The molecule has 1 aliphatic rings. The Bertz CT molecular complexity index is 879. The lowest BCUT2D eigenvalue weighted by Gasteiger charge is -2.28. The fourth-order valence-electron chi connectivity index (χ4n) is 3.80. The Labute approximate surface area is 142 Å². The number of nitrogens with zero attached hydrogens (tertiary/aromatic N) is 2. The number of para-hydroxylation sites is 1. The van der Waals surface area contributed by atoms with E-state index in [-0.39, 0.29) is 5.91 Å². The van der Waals surface area contributed by atoms with Gasteiger partial charge in [-0.15, -0.1) is 0 Å². The number of carbonyl (C=O) groups is 1. The minimum absolute atomic E-state index is 0.262. The van der Waals surface area contributed by atoms with Gasteiger partial charge in [-0.1, -0.05) is 48.5 Å². The summed E-state index contributed by atoms with van der Waals surface area (Å²) in [4.78, 5) is 14.7. The molecule has 0 saturated heterocycles. The number of aromatic nitrogens is 1. The maximum Gasteiger partial charge on any atom is 0.223 e. The lowest BCUT2D eigenvalue weighted by Crippen LogP contribution is -2.36. The van der Waals surface area contributed by atoms with Crippen LogP contribution < -0.4 is 0 Å². The van der Waals surface area contributed by atoms with E-state index in [0.717, 1.165) is 25.9 Å². The van der Waals surface area contributed by atoms with Crippen molar-refractivity contribution in [3.05, 3.63) is 71.4 Å². The fourth-order valence-corrected chi connectivity index (χ4v) is 3.80. The first-order chi connectivity index (χ1) is 11.7. The quantitative estimate of drug-likeness (QED) is 0.723. The first kappa shape index (κ1) is 15.0. The summed E-state index contributed by atoms with van der Waals surface area (Å²) in [7, 11) is 2.13. The highest BCUT2D eigenvalue weighted by molar-refractivity contribution is 5.86. The summed E-state index contributed by atoms with van der Waals surface area (Å²) in [6, 6.07) is 18.7. The number of carbonyl (C=O) groups excluding carboxylic acids is 1. The van der Waals surface area contributed by atoms with Crippen LogP contribution in [-0.2, 0) is 31.2 Å². The minimum atomic E-state index is 0.262. The van der Waals surface area contributed by atoms with Crippen LogP contribution in [0.5, 0.6) is 0 Å². The van der Waals surface area contributed by atoms with Crippen LogP contribution in [0, 0.1) is 0 Å². The first-order valence-corrected chi connectivity index (χ1v) is 8.61. The summed E-state index contributed by atoms with van der Waals surface area (Å²) >= 11 is 0. The Morgan fingerprint density at radius 3 is 2.62 bits per heavy atom. The summed E-state index contributed by atoms with van der Waals surface area (Å²) in [6.07, 6.45) is 2.35. The van der Waals surface area contributed by atoms with E-state index in [1.807, 2.05) is 23.1 Å². The van der Waals surface area contributed by atoms with Gasteiger partial charge in [-0.2, -0.15) is 0 Å². The predicted molar refractivity (Wildman–Crippen MR) is 96.8 cm³/mol. The van der Waals surface area contributed by atoms with E-state index in [4.69, 9.17) is 0 Å². The van der Waals surface area contributed by atoms with Gasteiger partial charge in [0.1, 0.15) is 0 Å². The molecular formula is C21H22N2O. The van der Waals surface area contributed by atoms with Crippen molar-refractivity contribution in [2.75, 3.05) is 6.54 Å². The van der Waals surface area contributed by atoms with E-state index in [9.17, 15) is 4.79 Å². The molecule has 1 aromatic heterocycles. The number of aryl methyl sites for hydroxylation is 2. The van der Waals surface area contributed by atoms with Crippen molar-refractivity contribution in [3.63, 3.8) is 0 Å². The molecule has 0 unspecified atom stereocenters. The molecule has 3 heteroatoms. The van der Waals surface area contributed by atoms with E-state index >= 15 is 0 Å². The maximum atomic E-state index is 12.6. The predicted octanol–water partition coefficient (Wildman–Crippen LogP) is 3.70. The van der Waals surface area contributed by atoms with E-state index < -0.39 is 0 Å². The molecule has 0 saturated carbocycles. The first-order valence-electron chi connectivity index (χ1n) is 8.61. The van der Waals surface area contributed by atoms with Crippen molar-refractivity contribution >= 4 is 16.8 Å². The zero-order valence-electron chi connectivity index (χ0n) is 14.0. The van der Waals surface area contributed by atoms with Crippen molar-refractivity contribution in [2.24, 2.45) is 7.05 Å². The van der Waals surface area contributed by atoms with Gasteiger partial charge in [0.25, 0.3) is 0 Å². The SMILES string of the molecule is Cn1c2c(c3ccccc31)CN(C(=O)CCc1ccccc1)CC2. The molecule has 1 aliphatic heterocycles. The third-order valence-electron chi connectivity index (χ3n) is 5.13. The zero-order valence-corrected chi connectivity index (χ0v) is 14.0. The Kier molecular flexibility index (Phi) is 3.85. The van der Waals surface area contributed by atoms with E-state index in [1.165, 1.54) is 27.7 Å². The fraction of sp³-hybridized carbons (Fsp3) is 0.286. The second kappa shape index (κ2) is 6.16. The Balaban J connectivity index is 1.52. The van der Waals surface area contributed by atoms with Gasteiger partial charge in [-0.25, -0.2) is 0 Å². The molecule has 24 heavy (non-hydrogen) atoms. The van der Waals surface area contributed by atoms with E-state index in [0.29, 0.717) is 6.42 Å². The van der Waals surface area contributed by atoms with Gasteiger partial charge in [-0.3, -0.25) is 4.79 Å². The van der Waals surface area contributed by atoms with Gasteiger partial charge < -0.3 is 9.47 Å². The molecule has 0 fully saturated rings. The molecule has 0 bridgehead atoms. The summed E-state index contributed by atoms with van der Waals surface area (Å²) < 4.78 is 2.29. The molecule has 0 atom stereocenters. The maximum absolute atomic E-state index is 12.6. The van der Waals surface area contributed by atoms with Crippen molar-refractivity contribution in [3.8, 4) is 0 Å². The van der Waals surface area contributed by atoms with E-state index in [1.54, 1.807) is 0 Å². The molecule has 2 aromatic carbocycles. The van der Waals surface area contributed by atoms with Crippen LogP contribution >= 0.6 is 0 Å². The van der Waals surface area contributed by atoms with Gasteiger partial charge in [0.15, 0.2) is 0 Å². The largest absolute Gasteiger partial charge is 0.347 e. The van der Waals surface area contributed by atoms with E-state index in [2.05, 4.69) is 48.0 Å². The number of hydrogen-bond donors (Lipinski definition) is 0. The van der Waals surface area contributed by atoms with Crippen molar-refractivity contribution < 1.29 is 4.79 Å². The second-order valence-electron chi connectivity index (χ2n) is 6.55. The molecule has 3 nitrogen and oxygen atoms in total. The standard InChI is InChI=1S/C21H22N2O/c1-22-19-10-6-5-9-17(19)18-15-23(14-13-20(18)22)21(24)12-11-16-7-3-2-4-8-16/h2-10H,11-15H2,1H3. The third-order valence-corrected chi connectivity index (χ3v) is 5.13. The Morgan fingerprint density at radius 2 is 1.79 bits per heavy atom. The summed E-state index contributed by atoms with van der Waals surface area (Å²) in [5, 5.41) is 1.29. The van der Waals surface area contributed by atoms with Crippen molar-refractivity contribution in [1.82, 2.24) is 9.47 Å². The number of benzene rings is 2. The topological polar surface area (TPSA) is 25.2 Å². The minimum Gasteiger partial charge on any atom is -0.347 e. The molecule has 1 amide bonds. The number of rotatable bonds is 3. The van der Waals surface area contributed by atoms with Crippen molar-refractivity contribution in [2.45, 2.75) is 25.8 Å². The van der Waals surface area contributed by atoms with Crippen LogP contribution in [0.2, 0.25) is 0 Å². The average Bonchev–Trinajstić information content (AvgIpc) is 2.93. The number of fused-ring (bicyclic) bond motifs is 3. The Hall–Kier alpha value is -2.55. The highest BCUT2D eigenvalue weighted by atomic mass is 16.2. The van der Waals surface area contributed by atoms with Gasteiger partial charge in [-0.05, 0) is 18.1 Å². The van der Waals surface area contributed by atoms with Gasteiger partial charge in [0.05, 0.1) is 0 Å². The van der Waals surface area contributed by atoms with Crippen LogP contribution in [0.25, 0.3) is 10.9 Å². The number of hydrogen-bond acceptors (Lipinski definition) is 1. The molecule has 0 spiro atoms. The normalized spacial score (nSPS) is 14.0. The van der Waals surface area contributed by atoms with Gasteiger partial charge in [0.2, 0.25) is 5.91 Å². The summed E-state index contributed by atoms with van der Waals surface area (Å²) in [6.45, 7) is 1.56. The molecule has 0 radical (unpaired) electrons. The van der Waals surface area contributed by atoms with Crippen molar-refractivity contribution in [1.29, 1.82) is 0 Å². The molecule has 0 N–H and O–H groups in total. The summed E-state index contributed by atoms with van der Waals surface area (Å²) in [5.74, 6) is 0.262. The van der Waals surface area contributed by atoms with Crippen LogP contribution in [0.1, 0.15) is 23.2 Å². The molecule has 3 aromatic rings. The molecule has 2 heterocycles. The van der Waals surface area contributed by atoms with Gasteiger partial charge >= 0.3 is 0 Å². The monoisotopic (exact) mass is 318 g/mol. The summed E-state index contributed by atoms with van der Waals surface area (Å²) in [5.41, 5.74) is 5.20. The molecular weight excluding hydrogens is 296 g/mol. The average molecular weight is 318 g/mol. The van der Waals surface area contributed by atoms with Crippen LogP contribution in [0.3, 0.4) is 0 Å². The van der Waals surface area contributed by atoms with Crippen LogP contribution in [-0.4, -0.2) is 21.9 Å². The smallest absolute Gasteiger partial charge is 0.223 e. The number of amides is 1.